The molecule has 15 heteroatoms. The summed E-state index contributed by atoms with van der Waals surface area (Å²) in [6.07, 6.45) is -2.26. The summed E-state index contributed by atoms with van der Waals surface area (Å²) in [6.45, 7) is 14.4. The minimum absolute atomic E-state index is 0.0106. The number of ether oxygens (including phenoxy) is 8. The van der Waals surface area contributed by atoms with E-state index in [9.17, 15) is 19.5 Å². The highest BCUT2D eigenvalue weighted by Gasteiger charge is 2.43. The number of hydroxylamine groups is 1. The van der Waals surface area contributed by atoms with Gasteiger partial charge in [-0.3, -0.25) is 14.4 Å². The van der Waals surface area contributed by atoms with Gasteiger partial charge >= 0.3 is 12.1 Å². The van der Waals surface area contributed by atoms with Crippen molar-refractivity contribution in [2.45, 2.75) is 79.2 Å². The summed E-state index contributed by atoms with van der Waals surface area (Å²) < 4.78 is 44.2. The Morgan fingerprint density at radius 3 is 2.04 bits per heavy atom. The zero-order chi connectivity index (χ0) is 34.8. The summed E-state index contributed by atoms with van der Waals surface area (Å²) >= 11 is 0. The molecule has 1 heterocycles. The van der Waals surface area contributed by atoms with E-state index in [1.54, 1.807) is 39.0 Å². The molecule has 0 bridgehead atoms. The topological polar surface area (TPSA) is 179 Å². The summed E-state index contributed by atoms with van der Waals surface area (Å²) in [5.41, 5.74) is 2.45. The zero-order valence-electron chi connectivity index (χ0n) is 28.5. The van der Waals surface area contributed by atoms with Gasteiger partial charge < -0.3 is 48.3 Å². The summed E-state index contributed by atoms with van der Waals surface area (Å²) in [5.74, 6) is -0.323. The molecule has 0 saturated carbocycles. The normalized spacial score (nSPS) is 21.1. The van der Waals surface area contributed by atoms with E-state index < -0.39 is 30.1 Å². The first-order valence-electron chi connectivity index (χ1n) is 15.8. The van der Waals surface area contributed by atoms with Gasteiger partial charge in [0.25, 0.3) is 0 Å². The molecule has 0 radical (unpaired) electrons. The van der Waals surface area contributed by atoms with Gasteiger partial charge in [0.2, 0.25) is 12.2 Å². The summed E-state index contributed by atoms with van der Waals surface area (Å²) in [4.78, 5) is 40.4. The number of anilines is 1. The zero-order valence-corrected chi connectivity index (χ0v) is 28.5. The standard InChI is InChI=1S/C32H52N2O13/c1-21-22(2)29(45-24(4)36)30(44-23(21)3)46-27-9-8-26(18-25(27)19-35)33-28(37)20-42-15-14-40-11-10-39-12-13-41-16-17-43-34-31(38)47-32(5,6)7/h8-9,18,21-23,29-30,35H,10-17,19-20H2,1-7H3,(H,33,37)(H,34,38). The molecule has 1 fully saturated rings. The fourth-order valence-corrected chi connectivity index (χ4v) is 4.39. The maximum Gasteiger partial charge on any atom is 0.431 e. The first-order chi connectivity index (χ1) is 22.3. The van der Waals surface area contributed by atoms with Crippen molar-refractivity contribution in [2.75, 3.05) is 64.8 Å². The summed E-state index contributed by atoms with van der Waals surface area (Å²) in [6, 6.07) is 4.85. The number of aliphatic hydroxyl groups is 1. The van der Waals surface area contributed by atoms with E-state index in [0.29, 0.717) is 43.4 Å². The van der Waals surface area contributed by atoms with Crippen LogP contribution in [0.5, 0.6) is 5.75 Å². The van der Waals surface area contributed by atoms with Crippen molar-refractivity contribution in [2.24, 2.45) is 11.8 Å². The number of carbonyl (C=O) groups is 3. The number of rotatable bonds is 20. The summed E-state index contributed by atoms with van der Waals surface area (Å²) in [5, 5.41) is 12.7. The first-order valence-corrected chi connectivity index (χ1v) is 15.8. The average molecular weight is 673 g/mol. The van der Waals surface area contributed by atoms with Crippen LogP contribution in [0, 0.1) is 11.8 Å². The molecule has 1 aromatic rings. The molecular formula is C32H52N2O13. The van der Waals surface area contributed by atoms with E-state index in [-0.39, 0.29) is 63.5 Å². The molecule has 15 nitrogen and oxygen atoms in total. The van der Waals surface area contributed by atoms with Crippen LogP contribution in [0.25, 0.3) is 0 Å². The molecule has 5 atom stereocenters. The quantitative estimate of drug-likeness (QED) is 0.105. The number of esters is 1. The number of aliphatic hydroxyl groups excluding tert-OH is 1. The predicted molar refractivity (Wildman–Crippen MR) is 168 cm³/mol. The third-order valence-electron chi connectivity index (χ3n) is 7.00. The van der Waals surface area contributed by atoms with Crippen molar-refractivity contribution in [3.63, 3.8) is 0 Å². The van der Waals surface area contributed by atoms with Gasteiger partial charge in [-0.15, -0.1) is 0 Å². The lowest BCUT2D eigenvalue weighted by molar-refractivity contribution is -0.243. The second-order valence-corrected chi connectivity index (χ2v) is 12.0. The molecule has 47 heavy (non-hydrogen) atoms. The van der Waals surface area contributed by atoms with Crippen molar-refractivity contribution in [3.8, 4) is 5.75 Å². The highest BCUT2D eigenvalue weighted by Crippen LogP contribution is 2.35. The Kier molecular flexibility index (Phi) is 18.0. The fraction of sp³-hybridized carbons (Fsp3) is 0.719. The van der Waals surface area contributed by atoms with E-state index in [1.165, 1.54) is 6.92 Å². The smallest absolute Gasteiger partial charge is 0.431 e. The molecule has 3 N–H and O–H groups in total. The van der Waals surface area contributed by atoms with E-state index in [1.807, 2.05) is 20.8 Å². The number of amides is 2. The molecule has 1 aliphatic rings. The molecular weight excluding hydrogens is 620 g/mol. The third kappa shape index (κ3) is 16.1. The Morgan fingerprint density at radius 2 is 1.47 bits per heavy atom. The van der Waals surface area contributed by atoms with Crippen molar-refractivity contribution in [1.29, 1.82) is 0 Å². The second kappa shape index (κ2) is 21.0. The van der Waals surface area contributed by atoms with Gasteiger partial charge in [0.1, 0.15) is 18.0 Å². The molecule has 5 unspecified atom stereocenters. The molecule has 2 rings (SSSR count). The fourth-order valence-electron chi connectivity index (χ4n) is 4.39. The number of nitrogens with one attached hydrogen (secondary N) is 2. The van der Waals surface area contributed by atoms with Gasteiger partial charge in [-0.05, 0) is 51.8 Å². The number of benzene rings is 1. The van der Waals surface area contributed by atoms with Gasteiger partial charge in [0.15, 0.2) is 6.10 Å². The minimum atomic E-state index is -0.852. The molecule has 1 aromatic carbocycles. The molecule has 1 aliphatic heterocycles. The van der Waals surface area contributed by atoms with Crippen LogP contribution in [-0.2, 0) is 54.2 Å². The average Bonchev–Trinajstić information content (AvgIpc) is 2.99. The largest absolute Gasteiger partial charge is 0.460 e. The molecule has 268 valence electrons. The Bertz CT molecular complexity index is 1100. The Balaban J connectivity index is 1.57. The van der Waals surface area contributed by atoms with Crippen LogP contribution in [0.2, 0.25) is 0 Å². The van der Waals surface area contributed by atoms with Crippen LogP contribution in [-0.4, -0.2) is 107 Å². The van der Waals surface area contributed by atoms with Crippen molar-refractivity contribution >= 4 is 23.7 Å². The lowest BCUT2D eigenvalue weighted by Gasteiger charge is -2.42. The van der Waals surface area contributed by atoms with Crippen LogP contribution < -0.4 is 15.5 Å². The Morgan fingerprint density at radius 1 is 0.872 bits per heavy atom. The van der Waals surface area contributed by atoms with Gasteiger partial charge in [-0.2, -0.15) is 5.48 Å². The van der Waals surface area contributed by atoms with Crippen LogP contribution >= 0.6 is 0 Å². The minimum Gasteiger partial charge on any atom is -0.460 e. The van der Waals surface area contributed by atoms with Crippen LogP contribution in [0.3, 0.4) is 0 Å². The Hall–Kier alpha value is -3.05. The lowest BCUT2D eigenvalue weighted by Crippen LogP contribution is -2.52. The SMILES string of the molecule is CC(=O)OC1C(Oc2ccc(NC(=O)COCCOCCOCCOCCONC(=O)OC(C)(C)C)cc2CO)OC(C)C(C)C1C. The van der Waals surface area contributed by atoms with E-state index in [4.69, 9.17) is 42.7 Å². The van der Waals surface area contributed by atoms with Crippen molar-refractivity contribution < 1.29 is 62.2 Å². The molecule has 0 aromatic heterocycles. The second-order valence-electron chi connectivity index (χ2n) is 12.0. The van der Waals surface area contributed by atoms with Gasteiger partial charge in [0.05, 0.1) is 65.6 Å². The van der Waals surface area contributed by atoms with E-state index in [2.05, 4.69) is 10.8 Å². The molecule has 2 amide bonds. The van der Waals surface area contributed by atoms with E-state index in [0.717, 1.165) is 0 Å². The molecule has 0 aliphatic carbocycles. The third-order valence-corrected chi connectivity index (χ3v) is 7.00. The monoisotopic (exact) mass is 672 g/mol. The molecule has 1 saturated heterocycles. The highest BCUT2D eigenvalue weighted by atomic mass is 16.7. The lowest BCUT2D eigenvalue weighted by atomic mass is 9.84. The molecule has 0 spiro atoms. The van der Waals surface area contributed by atoms with Crippen LogP contribution in [0.15, 0.2) is 18.2 Å². The van der Waals surface area contributed by atoms with Crippen molar-refractivity contribution in [1.82, 2.24) is 5.48 Å². The highest BCUT2D eigenvalue weighted by molar-refractivity contribution is 5.91. The van der Waals surface area contributed by atoms with Gasteiger partial charge in [-0.1, -0.05) is 13.8 Å². The number of hydrogen-bond donors (Lipinski definition) is 3. The number of hydrogen-bond acceptors (Lipinski definition) is 13. The summed E-state index contributed by atoms with van der Waals surface area (Å²) in [7, 11) is 0. The van der Waals surface area contributed by atoms with Crippen molar-refractivity contribution in [3.05, 3.63) is 23.8 Å². The van der Waals surface area contributed by atoms with Crippen LogP contribution in [0.1, 0.15) is 54.0 Å². The maximum absolute atomic E-state index is 12.4. The van der Waals surface area contributed by atoms with Gasteiger partial charge in [0, 0.05) is 24.1 Å². The van der Waals surface area contributed by atoms with E-state index >= 15 is 0 Å². The first kappa shape index (κ1) is 40.1. The number of carbonyl (C=O) groups excluding carboxylic acids is 3. The van der Waals surface area contributed by atoms with Gasteiger partial charge in [-0.25, -0.2) is 4.79 Å². The predicted octanol–water partition coefficient (Wildman–Crippen LogP) is 2.97. The maximum atomic E-state index is 12.4. The van der Waals surface area contributed by atoms with Crippen LogP contribution in [0.4, 0.5) is 10.5 Å². The Labute approximate surface area is 276 Å².